The topological polar surface area (TPSA) is 104 Å². The molecule has 8 heteroatoms. The summed E-state index contributed by atoms with van der Waals surface area (Å²) in [5.41, 5.74) is 5.20. The van der Waals surface area contributed by atoms with E-state index in [4.69, 9.17) is 13.6 Å². The van der Waals surface area contributed by atoms with Crippen LogP contribution in [-0.4, -0.2) is 26.4 Å². The van der Waals surface area contributed by atoms with Crippen LogP contribution in [0.25, 0.3) is 45.8 Å². The summed E-state index contributed by atoms with van der Waals surface area (Å²) in [5, 5.41) is 17.0. The van der Waals surface area contributed by atoms with E-state index in [0.717, 1.165) is 11.1 Å². The second-order valence-electron chi connectivity index (χ2n) is 11.8. The van der Waals surface area contributed by atoms with Gasteiger partial charge in [0.15, 0.2) is 0 Å². The summed E-state index contributed by atoms with van der Waals surface area (Å²) in [6, 6.07) is 21.2. The first-order chi connectivity index (χ1) is 19.9. The van der Waals surface area contributed by atoms with Crippen molar-refractivity contribution in [2.24, 2.45) is 0 Å². The highest BCUT2D eigenvalue weighted by Gasteiger charge is 2.19. The van der Waals surface area contributed by atoms with Gasteiger partial charge in [-0.15, -0.1) is 20.4 Å². The van der Waals surface area contributed by atoms with E-state index in [1.54, 1.807) is 18.2 Å². The van der Waals surface area contributed by atoms with Crippen LogP contribution in [-0.2, 0) is 15.6 Å². The number of aromatic nitrogens is 4. The molecule has 218 valence electrons. The van der Waals surface area contributed by atoms with Gasteiger partial charge in [-0.1, -0.05) is 79.7 Å². The highest BCUT2D eigenvalue weighted by Crippen LogP contribution is 2.34. The number of rotatable bonds is 5. The SMILES string of the molecule is CC.CC(=O)Oc1cc(-c2nnc(-c3ccc(C(C)(C)C)cc3)o2)cc(-c2nnc(-c3ccc(C(C)(C)C)cc3)o2)c1. The Morgan fingerprint density at radius 2 is 0.905 bits per heavy atom. The number of esters is 1. The Bertz CT molecular complexity index is 1540. The van der Waals surface area contributed by atoms with Crippen molar-refractivity contribution in [2.75, 3.05) is 0 Å². The summed E-state index contributed by atoms with van der Waals surface area (Å²) in [7, 11) is 0. The monoisotopic (exact) mass is 566 g/mol. The van der Waals surface area contributed by atoms with Crippen LogP contribution >= 0.6 is 0 Å². The van der Waals surface area contributed by atoms with Crippen molar-refractivity contribution in [1.29, 1.82) is 0 Å². The van der Waals surface area contributed by atoms with Gasteiger partial charge in [-0.05, 0) is 64.4 Å². The molecule has 3 aromatic carbocycles. The average Bonchev–Trinajstić information content (AvgIpc) is 3.64. The maximum Gasteiger partial charge on any atom is 0.308 e. The van der Waals surface area contributed by atoms with Crippen molar-refractivity contribution in [1.82, 2.24) is 20.4 Å². The summed E-state index contributed by atoms with van der Waals surface area (Å²) in [5.74, 6) is 1.13. The number of hydrogen-bond donors (Lipinski definition) is 0. The van der Waals surface area contributed by atoms with Crippen LogP contribution in [0.4, 0.5) is 0 Å². The number of hydrogen-bond acceptors (Lipinski definition) is 8. The molecule has 2 aromatic heterocycles. The third-order valence-electron chi connectivity index (χ3n) is 6.51. The van der Waals surface area contributed by atoms with Crippen molar-refractivity contribution >= 4 is 5.97 Å². The van der Waals surface area contributed by atoms with Crippen LogP contribution in [0, 0.1) is 0 Å². The van der Waals surface area contributed by atoms with Crippen LogP contribution in [0.5, 0.6) is 5.75 Å². The summed E-state index contributed by atoms with van der Waals surface area (Å²) >= 11 is 0. The molecule has 0 aliphatic carbocycles. The fraction of sp³-hybridized carbons (Fsp3) is 0.324. The number of nitrogens with zero attached hydrogens (tertiary/aromatic N) is 4. The molecule has 0 spiro atoms. The highest BCUT2D eigenvalue weighted by molar-refractivity contribution is 5.73. The molecule has 0 saturated heterocycles. The number of benzene rings is 3. The lowest BCUT2D eigenvalue weighted by atomic mass is 9.87. The van der Waals surface area contributed by atoms with Crippen LogP contribution in [0.2, 0.25) is 0 Å². The number of ether oxygens (including phenoxy) is 1. The molecular formula is C34H38N4O4. The summed E-state index contributed by atoms with van der Waals surface area (Å²) in [4.78, 5) is 11.8. The number of carbonyl (C=O) groups excluding carboxylic acids is 1. The average molecular weight is 567 g/mol. The van der Waals surface area contributed by atoms with Crippen LogP contribution < -0.4 is 4.74 Å². The van der Waals surface area contributed by atoms with Crippen molar-refractivity contribution in [2.45, 2.75) is 73.1 Å². The Kier molecular flexibility index (Phi) is 8.75. The van der Waals surface area contributed by atoms with E-state index in [2.05, 4.69) is 86.2 Å². The van der Waals surface area contributed by atoms with Gasteiger partial charge in [0.05, 0.1) is 0 Å². The molecule has 42 heavy (non-hydrogen) atoms. The Labute approximate surface area is 247 Å². The van der Waals surface area contributed by atoms with Gasteiger partial charge in [0, 0.05) is 29.2 Å². The maximum absolute atomic E-state index is 11.8. The lowest BCUT2D eigenvalue weighted by Crippen LogP contribution is -2.10. The van der Waals surface area contributed by atoms with Gasteiger partial charge < -0.3 is 13.6 Å². The molecule has 0 aliphatic heterocycles. The van der Waals surface area contributed by atoms with Gasteiger partial charge in [0.1, 0.15) is 5.75 Å². The summed E-state index contributed by atoms with van der Waals surface area (Å²) in [6.45, 7) is 18.3. The lowest BCUT2D eigenvalue weighted by molar-refractivity contribution is -0.131. The van der Waals surface area contributed by atoms with E-state index in [1.165, 1.54) is 18.1 Å². The second kappa shape index (κ2) is 12.1. The molecular weight excluding hydrogens is 528 g/mol. The minimum absolute atomic E-state index is 0.0383. The molecule has 0 bridgehead atoms. The number of carbonyl (C=O) groups is 1. The zero-order chi connectivity index (χ0) is 30.7. The molecule has 0 fully saturated rings. The Morgan fingerprint density at radius 3 is 1.21 bits per heavy atom. The van der Waals surface area contributed by atoms with Crippen molar-refractivity contribution in [3.8, 4) is 51.6 Å². The quantitative estimate of drug-likeness (QED) is 0.154. The largest absolute Gasteiger partial charge is 0.427 e. The molecule has 5 aromatic rings. The molecule has 0 aliphatic rings. The molecule has 8 nitrogen and oxygen atoms in total. The summed E-state index contributed by atoms with van der Waals surface area (Å²) in [6.07, 6.45) is 0. The smallest absolute Gasteiger partial charge is 0.308 e. The zero-order valence-electron chi connectivity index (χ0n) is 25.8. The van der Waals surface area contributed by atoms with E-state index >= 15 is 0 Å². The standard InChI is InChI=1S/C32H32N4O4.C2H6/c1-19(37)38-26-17-22(29-35-33-27(39-29)20-8-12-24(13-9-20)31(2,3)4)16-23(18-26)30-36-34-28(40-30)21-10-14-25(15-11-21)32(5,6)7;1-2/h8-18H,1-7H3;1-2H3. The molecule has 0 unspecified atom stereocenters. The molecule has 0 radical (unpaired) electrons. The van der Waals surface area contributed by atoms with Crippen molar-refractivity contribution in [3.63, 3.8) is 0 Å². The first-order valence-corrected chi connectivity index (χ1v) is 14.1. The van der Waals surface area contributed by atoms with E-state index in [9.17, 15) is 4.79 Å². The fourth-order valence-electron chi connectivity index (χ4n) is 4.21. The minimum atomic E-state index is -0.460. The van der Waals surface area contributed by atoms with Gasteiger partial charge in [-0.3, -0.25) is 4.79 Å². The van der Waals surface area contributed by atoms with Crippen LogP contribution in [0.15, 0.2) is 75.6 Å². The highest BCUT2D eigenvalue weighted by atomic mass is 16.5. The Hall–Kier alpha value is -4.59. The van der Waals surface area contributed by atoms with E-state index in [1.807, 2.05) is 38.1 Å². The van der Waals surface area contributed by atoms with Gasteiger partial charge in [-0.25, -0.2) is 0 Å². The molecule has 0 N–H and O–H groups in total. The maximum atomic E-state index is 11.8. The molecule has 2 heterocycles. The van der Waals surface area contributed by atoms with Crippen molar-refractivity contribution in [3.05, 3.63) is 77.9 Å². The predicted molar refractivity (Wildman–Crippen MR) is 164 cm³/mol. The van der Waals surface area contributed by atoms with E-state index in [-0.39, 0.29) is 22.6 Å². The normalized spacial score (nSPS) is 11.5. The fourth-order valence-corrected chi connectivity index (χ4v) is 4.21. The van der Waals surface area contributed by atoms with Gasteiger partial charge in [0.25, 0.3) is 0 Å². The van der Waals surface area contributed by atoms with E-state index < -0.39 is 5.97 Å². The zero-order valence-corrected chi connectivity index (χ0v) is 25.8. The Morgan fingerprint density at radius 1 is 0.571 bits per heavy atom. The minimum Gasteiger partial charge on any atom is -0.427 e. The van der Waals surface area contributed by atoms with Crippen LogP contribution in [0.1, 0.15) is 73.4 Å². The predicted octanol–water partition coefficient (Wildman–Crippen LogP) is 8.67. The van der Waals surface area contributed by atoms with Crippen LogP contribution in [0.3, 0.4) is 0 Å². The molecule has 0 atom stereocenters. The second-order valence-corrected chi connectivity index (χ2v) is 11.8. The van der Waals surface area contributed by atoms with Crippen molar-refractivity contribution < 1.29 is 18.4 Å². The van der Waals surface area contributed by atoms with Gasteiger partial charge in [0.2, 0.25) is 23.6 Å². The first-order valence-electron chi connectivity index (χ1n) is 14.1. The molecule has 0 amide bonds. The third kappa shape index (κ3) is 7.00. The van der Waals surface area contributed by atoms with Gasteiger partial charge >= 0.3 is 5.97 Å². The third-order valence-corrected chi connectivity index (χ3v) is 6.51. The van der Waals surface area contributed by atoms with E-state index in [0.29, 0.717) is 28.7 Å². The van der Waals surface area contributed by atoms with Gasteiger partial charge in [-0.2, -0.15) is 0 Å². The Balaban J connectivity index is 0.00000198. The first kappa shape index (κ1) is 30.4. The molecule has 5 rings (SSSR count). The summed E-state index contributed by atoms with van der Waals surface area (Å²) < 4.78 is 17.4. The lowest BCUT2D eigenvalue weighted by Gasteiger charge is -2.18. The molecule has 0 saturated carbocycles.